The van der Waals surface area contributed by atoms with E-state index in [1.165, 1.54) is 25.0 Å². The molecular formula is C10H18N2OS. The van der Waals surface area contributed by atoms with Gasteiger partial charge in [0.15, 0.2) is 5.17 Å². The molecule has 0 aromatic rings. The van der Waals surface area contributed by atoms with Gasteiger partial charge in [0.25, 0.3) is 0 Å². The minimum atomic E-state index is 0.460. The first-order chi connectivity index (χ1) is 6.88. The molecule has 3 nitrogen and oxygen atoms in total. The van der Waals surface area contributed by atoms with E-state index in [0.29, 0.717) is 12.1 Å². The van der Waals surface area contributed by atoms with Crippen LogP contribution in [-0.4, -0.2) is 36.7 Å². The van der Waals surface area contributed by atoms with E-state index < -0.39 is 0 Å². The van der Waals surface area contributed by atoms with E-state index in [0.717, 1.165) is 18.1 Å². The Labute approximate surface area is 89.7 Å². The van der Waals surface area contributed by atoms with Crippen molar-refractivity contribution >= 4 is 16.9 Å². The number of nitrogens with one attached hydrogen (secondary N) is 1. The lowest BCUT2D eigenvalue weighted by molar-refractivity contribution is 0.107. The maximum Gasteiger partial charge on any atom is 0.156 e. The highest BCUT2D eigenvalue weighted by atomic mass is 32.2. The van der Waals surface area contributed by atoms with Gasteiger partial charge < -0.3 is 10.1 Å². The van der Waals surface area contributed by atoms with Crippen molar-refractivity contribution in [3.8, 4) is 0 Å². The topological polar surface area (TPSA) is 33.6 Å². The van der Waals surface area contributed by atoms with Gasteiger partial charge in [-0.1, -0.05) is 11.8 Å². The predicted octanol–water partition coefficient (Wildman–Crippen LogP) is 1.64. The molecule has 1 aliphatic carbocycles. The molecule has 0 spiro atoms. The maximum absolute atomic E-state index is 5.34. The van der Waals surface area contributed by atoms with Crippen LogP contribution in [0.25, 0.3) is 0 Å². The van der Waals surface area contributed by atoms with E-state index >= 15 is 0 Å². The summed E-state index contributed by atoms with van der Waals surface area (Å²) in [5.41, 5.74) is 0. The molecular weight excluding hydrogens is 196 g/mol. The van der Waals surface area contributed by atoms with Crippen molar-refractivity contribution < 1.29 is 4.74 Å². The molecule has 0 aromatic carbocycles. The third-order valence-electron chi connectivity index (χ3n) is 2.84. The Balaban J connectivity index is 1.78. The number of hydrogen-bond donors (Lipinski definition) is 1. The number of ether oxygens (including phenoxy) is 1. The van der Waals surface area contributed by atoms with Crippen LogP contribution in [-0.2, 0) is 4.74 Å². The van der Waals surface area contributed by atoms with Gasteiger partial charge in [0, 0.05) is 25.4 Å². The summed E-state index contributed by atoms with van der Waals surface area (Å²) >= 11 is 1.86. The van der Waals surface area contributed by atoms with Crippen molar-refractivity contribution in [3.05, 3.63) is 0 Å². The van der Waals surface area contributed by atoms with Crippen LogP contribution in [0.2, 0.25) is 0 Å². The van der Waals surface area contributed by atoms with E-state index in [2.05, 4.69) is 10.3 Å². The highest BCUT2D eigenvalue weighted by Crippen LogP contribution is 2.22. The summed E-state index contributed by atoms with van der Waals surface area (Å²) in [5.74, 6) is 1.21. The average Bonchev–Trinajstić information content (AvgIpc) is 2.67. The van der Waals surface area contributed by atoms with Crippen molar-refractivity contribution in [2.75, 3.05) is 19.4 Å². The molecule has 2 aliphatic rings. The van der Waals surface area contributed by atoms with Crippen LogP contribution >= 0.6 is 11.8 Å². The Morgan fingerprint density at radius 1 is 1.50 bits per heavy atom. The highest BCUT2D eigenvalue weighted by molar-refractivity contribution is 8.13. The molecule has 0 saturated heterocycles. The van der Waals surface area contributed by atoms with Crippen molar-refractivity contribution in [1.82, 2.24) is 5.32 Å². The maximum atomic E-state index is 5.34. The van der Waals surface area contributed by atoms with Gasteiger partial charge in [0.2, 0.25) is 0 Å². The van der Waals surface area contributed by atoms with Gasteiger partial charge in [0.1, 0.15) is 0 Å². The Kier molecular flexibility index (Phi) is 3.70. The highest BCUT2D eigenvalue weighted by Gasteiger charge is 2.25. The lowest BCUT2D eigenvalue weighted by Gasteiger charge is -2.18. The third-order valence-corrected chi connectivity index (χ3v) is 3.86. The molecule has 1 aliphatic heterocycles. The molecule has 1 saturated carbocycles. The standard InChI is InChI=1S/C10H18N2OS/c1-13-9-4-3-8(7-9)12-10-11-5-2-6-14-10/h8-9H,2-7H2,1H3,(H,11,12). The van der Waals surface area contributed by atoms with Gasteiger partial charge in [0.05, 0.1) is 6.10 Å². The summed E-state index contributed by atoms with van der Waals surface area (Å²) in [5, 5.41) is 4.67. The van der Waals surface area contributed by atoms with Gasteiger partial charge in [-0.05, 0) is 25.7 Å². The molecule has 0 aromatic heterocycles. The fourth-order valence-corrected chi connectivity index (χ4v) is 2.91. The second-order valence-corrected chi connectivity index (χ2v) is 4.98. The average molecular weight is 214 g/mol. The van der Waals surface area contributed by atoms with Crippen LogP contribution < -0.4 is 5.32 Å². The zero-order valence-corrected chi connectivity index (χ0v) is 9.48. The van der Waals surface area contributed by atoms with Crippen LogP contribution in [0.1, 0.15) is 25.7 Å². The van der Waals surface area contributed by atoms with Crippen LogP contribution in [0.15, 0.2) is 4.99 Å². The summed E-state index contributed by atoms with van der Waals surface area (Å²) in [7, 11) is 1.81. The van der Waals surface area contributed by atoms with Gasteiger partial charge in [-0.3, -0.25) is 4.99 Å². The molecule has 0 radical (unpaired) electrons. The molecule has 0 bridgehead atoms. The Morgan fingerprint density at radius 2 is 2.43 bits per heavy atom. The molecule has 80 valence electrons. The normalized spacial score (nSPS) is 32.8. The monoisotopic (exact) mass is 214 g/mol. The molecule has 2 rings (SSSR count). The molecule has 2 unspecified atom stereocenters. The Bertz CT molecular complexity index is 220. The summed E-state index contributed by atoms with van der Waals surface area (Å²) < 4.78 is 5.34. The number of thioether (sulfide) groups is 1. The zero-order valence-electron chi connectivity index (χ0n) is 8.66. The summed E-state index contributed by atoms with van der Waals surface area (Å²) in [6, 6.07) is 0.587. The number of rotatable bonds is 2. The van der Waals surface area contributed by atoms with Crippen LogP contribution in [0.5, 0.6) is 0 Å². The number of nitrogens with zero attached hydrogens (tertiary/aromatic N) is 1. The molecule has 0 amide bonds. The number of aliphatic imine (C=N–C) groups is 1. The smallest absolute Gasteiger partial charge is 0.156 e. The number of methoxy groups -OCH3 is 1. The quantitative estimate of drug-likeness (QED) is 0.758. The van der Waals surface area contributed by atoms with E-state index in [4.69, 9.17) is 4.74 Å². The van der Waals surface area contributed by atoms with Crippen LogP contribution in [0.3, 0.4) is 0 Å². The second kappa shape index (κ2) is 5.03. The van der Waals surface area contributed by atoms with Gasteiger partial charge in [-0.2, -0.15) is 0 Å². The fraction of sp³-hybridized carbons (Fsp3) is 0.900. The predicted molar refractivity (Wildman–Crippen MR) is 60.9 cm³/mol. The summed E-state index contributed by atoms with van der Waals surface area (Å²) in [4.78, 5) is 4.47. The molecule has 1 heterocycles. The molecule has 2 atom stereocenters. The molecule has 1 N–H and O–H groups in total. The van der Waals surface area contributed by atoms with E-state index in [1.807, 2.05) is 11.8 Å². The second-order valence-electron chi connectivity index (χ2n) is 3.90. The Morgan fingerprint density at radius 3 is 3.07 bits per heavy atom. The van der Waals surface area contributed by atoms with Gasteiger partial charge in [-0.15, -0.1) is 0 Å². The lowest BCUT2D eigenvalue weighted by Crippen LogP contribution is -2.33. The minimum Gasteiger partial charge on any atom is -0.381 e. The van der Waals surface area contributed by atoms with Crippen molar-refractivity contribution in [3.63, 3.8) is 0 Å². The molecule has 4 heteroatoms. The van der Waals surface area contributed by atoms with Crippen molar-refractivity contribution in [2.45, 2.75) is 37.8 Å². The SMILES string of the molecule is COC1CCC(NC2=NCCCS2)C1. The van der Waals surface area contributed by atoms with E-state index in [9.17, 15) is 0 Å². The first-order valence-corrected chi connectivity index (χ1v) is 6.33. The van der Waals surface area contributed by atoms with E-state index in [-0.39, 0.29) is 0 Å². The Hall–Kier alpha value is -0.220. The minimum absolute atomic E-state index is 0.460. The lowest BCUT2D eigenvalue weighted by atomic mass is 10.2. The molecule has 14 heavy (non-hydrogen) atoms. The first kappa shape index (κ1) is 10.3. The summed E-state index contributed by atoms with van der Waals surface area (Å²) in [6.07, 6.45) is 5.23. The summed E-state index contributed by atoms with van der Waals surface area (Å²) in [6.45, 7) is 0.996. The first-order valence-electron chi connectivity index (χ1n) is 5.35. The van der Waals surface area contributed by atoms with Gasteiger partial charge >= 0.3 is 0 Å². The van der Waals surface area contributed by atoms with Crippen molar-refractivity contribution in [2.24, 2.45) is 4.99 Å². The third kappa shape index (κ3) is 2.64. The number of hydrogen-bond acceptors (Lipinski definition) is 4. The largest absolute Gasteiger partial charge is 0.381 e. The zero-order chi connectivity index (χ0) is 9.80. The van der Waals surface area contributed by atoms with E-state index in [1.54, 1.807) is 7.11 Å². The number of amidine groups is 1. The van der Waals surface area contributed by atoms with Gasteiger partial charge in [-0.25, -0.2) is 0 Å². The van der Waals surface area contributed by atoms with Crippen LogP contribution in [0, 0.1) is 0 Å². The molecule has 1 fully saturated rings. The van der Waals surface area contributed by atoms with Crippen molar-refractivity contribution in [1.29, 1.82) is 0 Å². The fourth-order valence-electron chi connectivity index (χ4n) is 2.01. The van der Waals surface area contributed by atoms with Crippen LogP contribution in [0.4, 0.5) is 0 Å².